The third-order valence-corrected chi connectivity index (χ3v) is 3.27. The van der Waals surface area contributed by atoms with Crippen molar-refractivity contribution in [2.24, 2.45) is 0 Å². The Morgan fingerprint density at radius 2 is 2.07 bits per heavy atom. The van der Waals surface area contributed by atoms with Crippen LogP contribution in [0.3, 0.4) is 0 Å². The Hall–Kier alpha value is -0.400. The normalized spacial score (nSPS) is 13.2. The summed E-state index contributed by atoms with van der Waals surface area (Å²) in [6.07, 6.45) is 5.57. The maximum absolute atomic E-state index is 6.13. The zero-order valence-electron chi connectivity index (χ0n) is 9.03. The predicted octanol–water partition coefficient (Wildman–Crippen LogP) is 5.09. The molecular formula is C13H17ClS. The van der Waals surface area contributed by atoms with Crippen LogP contribution in [-0.2, 0) is 0 Å². The van der Waals surface area contributed by atoms with E-state index >= 15 is 0 Å². The van der Waals surface area contributed by atoms with E-state index in [-0.39, 0.29) is 5.38 Å². The molecule has 1 atom stereocenters. The molecule has 1 unspecified atom stereocenters. The van der Waals surface area contributed by atoms with Gasteiger partial charge in [-0.25, -0.2) is 0 Å². The largest absolute Gasteiger partial charge is 0.118 e. The molecular weight excluding hydrogens is 224 g/mol. The predicted molar refractivity (Wildman–Crippen MR) is 70.6 cm³/mol. The van der Waals surface area contributed by atoms with Gasteiger partial charge in [-0.3, -0.25) is 0 Å². The fourth-order valence-corrected chi connectivity index (χ4v) is 2.25. The van der Waals surface area contributed by atoms with Gasteiger partial charge >= 0.3 is 0 Å². The van der Waals surface area contributed by atoms with Crippen LogP contribution in [0.25, 0.3) is 0 Å². The molecule has 1 aromatic carbocycles. The van der Waals surface area contributed by atoms with Crippen molar-refractivity contribution >= 4 is 23.4 Å². The smallest absolute Gasteiger partial charge is 0.0524 e. The SMILES string of the molecule is CCCCC(Cl)/C=C/Sc1ccccc1. The van der Waals surface area contributed by atoms with Crippen LogP contribution in [0.4, 0.5) is 0 Å². The number of hydrogen-bond donors (Lipinski definition) is 0. The molecule has 15 heavy (non-hydrogen) atoms. The lowest BCUT2D eigenvalue weighted by molar-refractivity contribution is 0.734. The molecule has 0 radical (unpaired) electrons. The number of alkyl halides is 1. The van der Waals surface area contributed by atoms with Gasteiger partial charge in [0.25, 0.3) is 0 Å². The summed E-state index contributed by atoms with van der Waals surface area (Å²) in [5.41, 5.74) is 0. The minimum atomic E-state index is 0.182. The van der Waals surface area contributed by atoms with E-state index in [4.69, 9.17) is 11.6 Å². The summed E-state index contributed by atoms with van der Waals surface area (Å²) in [6, 6.07) is 10.3. The summed E-state index contributed by atoms with van der Waals surface area (Å²) in [4.78, 5) is 1.26. The molecule has 0 fully saturated rings. The third-order valence-electron chi connectivity index (χ3n) is 2.07. The molecule has 0 amide bonds. The minimum absolute atomic E-state index is 0.182. The Morgan fingerprint density at radius 3 is 2.73 bits per heavy atom. The first-order chi connectivity index (χ1) is 7.33. The molecule has 0 heterocycles. The van der Waals surface area contributed by atoms with E-state index in [1.165, 1.54) is 17.7 Å². The second-order valence-corrected chi connectivity index (χ2v) is 4.96. The highest BCUT2D eigenvalue weighted by Crippen LogP contribution is 2.19. The second-order valence-electron chi connectivity index (χ2n) is 3.42. The van der Waals surface area contributed by atoms with Gasteiger partial charge in [-0.1, -0.05) is 55.8 Å². The molecule has 0 nitrogen and oxygen atoms in total. The molecule has 0 aliphatic carbocycles. The van der Waals surface area contributed by atoms with Crippen LogP contribution in [0, 0.1) is 0 Å². The lowest BCUT2D eigenvalue weighted by Crippen LogP contribution is -1.91. The van der Waals surface area contributed by atoms with Crippen molar-refractivity contribution in [1.29, 1.82) is 0 Å². The van der Waals surface area contributed by atoms with E-state index in [2.05, 4.69) is 30.5 Å². The summed E-state index contributed by atoms with van der Waals surface area (Å²) >= 11 is 7.84. The van der Waals surface area contributed by atoms with Gasteiger partial charge in [0, 0.05) is 4.90 Å². The Balaban J connectivity index is 2.27. The highest BCUT2D eigenvalue weighted by molar-refractivity contribution is 8.02. The monoisotopic (exact) mass is 240 g/mol. The third kappa shape index (κ3) is 5.91. The van der Waals surface area contributed by atoms with E-state index in [0.717, 1.165) is 6.42 Å². The summed E-state index contributed by atoms with van der Waals surface area (Å²) < 4.78 is 0. The van der Waals surface area contributed by atoms with Gasteiger partial charge in [-0.15, -0.1) is 11.6 Å². The van der Waals surface area contributed by atoms with Crippen LogP contribution in [0.5, 0.6) is 0 Å². The zero-order valence-corrected chi connectivity index (χ0v) is 10.6. The number of benzene rings is 1. The number of hydrogen-bond acceptors (Lipinski definition) is 1. The summed E-state index contributed by atoms with van der Waals surface area (Å²) in [5.74, 6) is 0. The van der Waals surface area contributed by atoms with Gasteiger partial charge in [0.05, 0.1) is 5.38 Å². The Morgan fingerprint density at radius 1 is 1.33 bits per heavy atom. The van der Waals surface area contributed by atoms with Crippen molar-refractivity contribution in [2.75, 3.05) is 0 Å². The van der Waals surface area contributed by atoms with Gasteiger partial charge in [0.15, 0.2) is 0 Å². The Labute approximate surface area is 102 Å². The highest BCUT2D eigenvalue weighted by Gasteiger charge is 1.97. The van der Waals surface area contributed by atoms with Crippen molar-refractivity contribution in [1.82, 2.24) is 0 Å². The maximum Gasteiger partial charge on any atom is 0.0524 e. The van der Waals surface area contributed by atoms with Crippen molar-refractivity contribution in [2.45, 2.75) is 36.5 Å². The standard InChI is InChI=1S/C13H17ClS/c1-2-3-7-12(14)10-11-15-13-8-5-4-6-9-13/h4-6,8-12H,2-3,7H2,1H3/b11-10+. The maximum atomic E-state index is 6.13. The van der Waals surface area contributed by atoms with Gasteiger partial charge < -0.3 is 0 Å². The fraction of sp³-hybridized carbons (Fsp3) is 0.385. The Kier molecular flexibility index (Phi) is 6.62. The van der Waals surface area contributed by atoms with Crippen LogP contribution in [0.1, 0.15) is 26.2 Å². The van der Waals surface area contributed by atoms with Crippen molar-refractivity contribution in [3.05, 3.63) is 41.8 Å². The molecule has 0 aliphatic rings. The van der Waals surface area contributed by atoms with Crippen molar-refractivity contribution in [3.63, 3.8) is 0 Å². The van der Waals surface area contributed by atoms with Crippen molar-refractivity contribution < 1.29 is 0 Å². The average Bonchev–Trinajstić information content (AvgIpc) is 2.28. The summed E-state index contributed by atoms with van der Waals surface area (Å²) in [5, 5.41) is 2.27. The molecule has 0 aromatic heterocycles. The molecule has 2 heteroatoms. The summed E-state index contributed by atoms with van der Waals surface area (Å²) in [7, 11) is 0. The van der Waals surface area contributed by atoms with Gasteiger partial charge in [0.2, 0.25) is 0 Å². The number of unbranched alkanes of at least 4 members (excludes halogenated alkanes) is 1. The number of thioether (sulfide) groups is 1. The first kappa shape index (κ1) is 12.7. The van der Waals surface area contributed by atoms with Gasteiger partial charge in [0.1, 0.15) is 0 Å². The summed E-state index contributed by atoms with van der Waals surface area (Å²) in [6.45, 7) is 2.19. The fourth-order valence-electron chi connectivity index (χ4n) is 1.20. The van der Waals surface area contributed by atoms with E-state index in [9.17, 15) is 0 Å². The number of halogens is 1. The lowest BCUT2D eigenvalue weighted by Gasteiger charge is -2.01. The van der Waals surface area contributed by atoms with Gasteiger partial charge in [-0.05, 0) is 24.0 Å². The zero-order chi connectivity index (χ0) is 10.9. The molecule has 0 spiro atoms. The quantitative estimate of drug-likeness (QED) is 0.493. The first-order valence-corrected chi connectivity index (χ1v) is 6.67. The van der Waals surface area contributed by atoms with Crippen LogP contribution >= 0.6 is 23.4 Å². The lowest BCUT2D eigenvalue weighted by atomic mass is 10.2. The topological polar surface area (TPSA) is 0 Å². The molecule has 1 aromatic rings. The van der Waals surface area contributed by atoms with Crippen molar-refractivity contribution in [3.8, 4) is 0 Å². The molecule has 0 aliphatic heterocycles. The van der Waals surface area contributed by atoms with Crippen LogP contribution in [-0.4, -0.2) is 5.38 Å². The van der Waals surface area contributed by atoms with Crippen LogP contribution in [0.2, 0.25) is 0 Å². The van der Waals surface area contributed by atoms with Gasteiger partial charge in [-0.2, -0.15) is 0 Å². The number of rotatable bonds is 6. The molecule has 0 saturated heterocycles. The van der Waals surface area contributed by atoms with Crippen LogP contribution in [0.15, 0.2) is 46.7 Å². The first-order valence-electron chi connectivity index (χ1n) is 5.35. The Bertz CT molecular complexity index is 282. The molecule has 82 valence electrons. The minimum Gasteiger partial charge on any atom is -0.118 e. The van der Waals surface area contributed by atoms with E-state index in [0.29, 0.717) is 0 Å². The molecule has 0 bridgehead atoms. The molecule has 1 rings (SSSR count). The van der Waals surface area contributed by atoms with E-state index < -0.39 is 0 Å². The average molecular weight is 241 g/mol. The highest BCUT2D eigenvalue weighted by atomic mass is 35.5. The second kappa shape index (κ2) is 7.84. The number of allylic oxidation sites excluding steroid dienone is 1. The molecule has 0 N–H and O–H groups in total. The molecule has 0 saturated carbocycles. The van der Waals surface area contributed by atoms with E-state index in [1.54, 1.807) is 11.8 Å². The van der Waals surface area contributed by atoms with Crippen LogP contribution < -0.4 is 0 Å². The van der Waals surface area contributed by atoms with E-state index in [1.807, 2.05) is 18.2 Å².